The molecule has 4 rings (SSSR count). The van der Waals surface area contributed by atoms with E-state index in [2.05, 4.69) is 0 Å². The van der Waals surface area contributed by atoms with Crippen LogP contribution in [0.1, 0.15) is 50.5 Å². The number of hydrogen-bond acceptors (Lipinski definition) is 3. The quantitative estimate of drug-likeness (QED) is 0.583. The first-order valence-electron chi connectivity index (χ1n) is 8.06. The van der Waals surface area contributed by atoms with Crippen LogP contribution in [0.5, 0.6) is 0 Å². The number of carbonyl (C=O) groups is 2. The topological polar surface area (TPSA) is 43.4 Å². The van der Waals surface area contributed by atoms with E-state index >= 15 is 0 Å². The van der Waals surface area contributed by atoms with Gasteiger partial charge in [0.15, 0.2) is 11.4 Å². The van der Waals surface area contributed by atoms with E-state index in [0.29, 0.717) is 17.9 Å². The number of esters is 1. The maximum absolute atomic E-state index is 13.2. The van der Waals surface area contributed by atoms with E-state index in [1.54, 1.807) is 0 Å². The number of benzene rings is 1. The minimum Gasteiger partial charge on any atom is -0.450 e. The summed E-state index contributed by atoms with van der Waals surface area (Å²) in [5, 5.41) is 0.637. The molecule has 1 saturated heterocycles. The zero-order valence-corrected chi connectivity index (χ0v) is 13.4. The van der Waals surface area contributed by atoms with Gasteiger partial charge in [0.2, 0.25) is 0 Å². The molecule has 22 heavy (non-hydrogen) atoms. The van der Waals surface area contributed by atoms with Crippen LogP contribution in [0.3, 0.4) is 0 Å². The summed E-state index contributed by atoms with van der Waals surface area (Å²) >= 11 is 6.07. The summed E-state index contributed by atoms with van der Waals surface area (Å²) in [4.78, 5) is 25.8. The Balaban J connectivity index is 1.73. The Morgan fingerprint density at radius 1 is 1.18 bits per heavy atom. The number of ether oxygens (including phenoxy) is 1. The molecule has 2 spiro atoms. The smallest absolute Gasteiger partial charge is 0.321 e. The number of halogens is 1. The molecule has 0 bridgehead atoms. The molecule has 3 fully saturated rings. The molecule has 1 aliphatic heterocycles. The molecule has 116 valence electrons. The summed E-state index contributed by atoms with van der Waals surface area (Å²) in [5.41, 5.74) is -0.822. The van der Waals surface area contributed by atoms with Crippen LogP contribution in [0.15, 0.2) is 24.3 Å². The van der Waals surface area contributed by atoms with Gasteiger partial charge in [0.05, 0.1) is 0 Å². The maximum atomic E-state index is 13.2. The van der Waals surface area contributed by atoms with E-state index in [1.165, 1.54) is 0 Å². The zero-order valence-electron chi connectivity index (χ0n) is 12.6. The Hall–Kier alpha value is -1.35. The maximum Gasteiger partial charge on any atom is 0.321 e. The van der Waals surface area contributed by atoms with Gasteiger partial charge >= 0.3 is 5.97 Å². The minimum atomic E-state index is -0.956. The SMILES string of the molecule is C[C@H]1[C@H](c2cccc(Cl)c2)C12C(=O)OC1(CCCCC1)C2=O. The van der Waals surface area contributed by atoms with Crippen molar-refractivity contribution < 1.29 is 14.3 Å². The molecule has 0 radical (unpaired) electrons. The van der Waals surface area contributed by atoms with E-state index in [0.717, 1.165) is 24.8 Å². The summed E-state index contributed by atoms with van der Waals surface area (Å²) in [6.45, 7) is 1.98. The molecular weight excluding hydrogens is 300 g/mol. The number of Topliss-reactive ketones (excluding diaryl/α,β-unsaturated/α-hetero) is 1. The highest BCUT2D eigenvalue weighted by atomic mass is 35.5. The first kappa shape index (κ1) is 14.3. The van der Waals surface area contributed by atoms with Gasteiger partial charge < -0.3 is 4.74 Å². The van der Waals surface area contributed by atoms with Crippen LogP contribution in [0.4, 0.5) is 0 Å². The van der Waals surface area contributed by atoms with Crippen molar-refractivity contribution in [2.75, 3.05) is 0 Å². The van der Waals surface area contributed by atoms with Gasteiger partial charge in [-0.05, 0) is 49.3 Å². The van der Waals surface area contributed by atoms with Crippen LogP contribution in [-0.2, 0) is 14.3 Å². The number of ketones is 1. The predicted octanol–water partition coefficient (Wildman–Crippen LogP) is 3.89. The van der Waals surface area contributed by atoms with Crippen molar-refractivity contribution >= 4 is 23.4 Å². The first-order valence-corrected chi connectivity index (χ1v) is 8.44. The lowest BCUT2D eigenvalue weighted by atomic mass is 9.77. The summed E-state index contributed by atoms with van der Waals surface area (Å²) in [7, 11) is 0. The highest BCUT2D eigenvalue weighted by Gasteiger charge is 2.80. The number of carbonyl (C=O) groups excluding carboxylic acids is 2. The molecule has 0 amide bonds. The Labute approximate surface area is 135 Å². The summed E-state index contributed by atoms with van der Waals surface area (Å²) < 4.78 is 5.71. The third-order valence-electron chi connectivity index (χ3n) is 5.88. The summed E-state index contributed by atoms with van der Waals surface area (Å²) in [5.74, 6) is -0.376. The van der Waals surface area contributed by atoms with Crippen LogP contribution >= 0.6 is 11.6 Å². The number of rotatable bonds is 1. The van der Waals surface area contributed by atoms with Gasteiger partial charge in [-0.1, -0.05) is 37.1 Å². The van der Waals surface area contributed by atoms with Crippen LogP contribution in [0.2, 0.25) is 5.02 Å². The molecule has 3 atom stereocenters. The fourth-order valence-corrected chi connectivity index (χ4v) is 4.90. The lowest BCUT2D eigenvalue weighted by Gasteiger charge is -2.30. The molecule has 3 nitrogen and oxygen atoms in total. The lowest BCUT2D eigenvalue weighted by Crippen LogP contribution is -2.40. The molecule has 1 heterocycles. The van der Waals surface area contributed by atoms with Crippen molar-refractivity contribution in [2.45, 2.75) is 50.5 Å². The van der Waals surface area contributed by atoms with Crippen molar-refractivity contribution in [3.63, 3.8) is 0 Å². The van der Waals surface area contributed by atoms with Crippen molar-refractivity contribution in [3.05, 3.63) is 34.9 Å². The second-order valence-corrected chi connectivity index (χ2v) is 7.40. The monoisotopic (exact) mass is 318 g/mol. The van der Waals surface area contributed by atoms with Gasteiger partial charge in [0.25, 0.3) is 0 Å². The van der Waals surface area contributed by atoms with Crippen LogP contribution in [-0.4, -0.2) is 17.4 Å². The van der Waals surface area contributed by atoms with Crippen LogP contribution in [0, 0.1) is 11.3 Å². The Bertz CT molecular complexity index is 662. The van der Waals surface area contributed by atoms with Gasteiger partial charge in [0, 0.05) is 10.9 Å². The molecular formula is C18H19ClO3. The van der Waals surface area contributed by atoms with Crippen molar-refractivity contribution in [2.24, 2.45) is 11.3 Å². The van der Waals surface area contributed by atoms with Gasteiger partial charge in [-0.25, -0.2) is 0 Å². The minimum absolute atomic E-state index is 0.00716. The molecule has 4 heteroatoms. The fraction of sp³-hybridized carbons (Fsp3) is 0.556. The van der Waals surface area contributed by atoms with Crippen LogP contribution in [0.25, 0.3) is 0 Å². The highest BCUT2D eigenvalue weighted by molar-refractivity contribution is 6.30. The third kappa shape index (κ3) is 1.63. The average molecular weight is 319 g/mol. The van der Waals surface area contributed by atoms with E-state index in [-0.39, 0.29) is 23.6 Å². The van der Waals surface area contributed by atoms with E-state index < -0.39 is 11.0 Å². The van der Waals surface area contributed by atoms with Gasteiger partial charge in [-0.15, -0.1) is 0 Å². The molecule has 2 aliphatic carbocycles. The van der Waals surface area contributed by atoms with Gasteiger partial charge in [0.1, 0.15) is 5.41 Å². The van der Waals surface area contributed by atoms with E-state index in [1.807, 2.05) is 31.2 Å². The third-order valence-corrected chi connectivity index (χ3v) is 6.12. The fourth-order valence-electron chi connectivity index (χ4n) is 4.70. The van der Waals surface area contributed by atoms with Gasteiger partial charge in [-0.2, -0.15) is 0 Å². The van der Waals surface area contributed by atoms with Crippen molar-refractivity contribution in [1.29, 1.82) is 0 Å². The first-order chi connectivity index (χ1) is 10.5. The van der Waals surface area contributed by atoms with E-state index in [9.17, 15) is 9.59 Å². The predicted molar refractivity (Wildman–Crippen MR) is 82.7 cm³/mol. The average Bonchev–Trinajstić information content (AvgIpc) is 3.08. The molecule has 2 saturated carbocycles. The molecule has 3 aliphatic rings. The molecule has 0 N–H and O–H groups in total. The number of hydrogen-bond donors (Lipinski definition) is 0. The highest BCUT2D eigenvalue weighted by Crippen LogP contribution is 2.70. The normalized spacial score (nSPS) is 35.9. The standard InChI is InChI=1S/C18H19ClO3/c1-11-14(12-6-5-7-13(19)10-12)18(11)15(20)17(22-16(18)21)8-3-2-4-9-17/h5-7,10-11,14H,2-4,8-9H2,1H3/t11-,14+,18?/m0/s1. The second kappa shape index (κ2) is 4.58. The molecule has 1 aromatic rings. The molecule has 1 aromatic carbocycles. The zero-order chi connectivity index (χ0) is 15.5. The Kier molecular flexibility index (Phi) is 2.96. The second-order valence-electron chi connectivity index (χ2n) is 6.96. The van der Waals surface area contributed by atoms with Crippen LogP contribution < -0.4 is 0 Å². The Morgan fingerprint density at radius 2 is 1.91 bits per heavy atom. The van der Waals surface area contributed by atoms with E-state index in [4.69, 9.17) is 16.3 Å². The molecule has 0 aromatic heterocycles. The lowest BCUT2D eigenvalue weighted by molar-refractivity contribution is -0.155. The molecule has 1 unspecified atom stereocenters. The summed E-state index contributed by atoms with van der Waals surface area (Å²) in [6, 6.07) is 7.50. The summed E-state index contributed by atoms with van der Waals surface area (Å²) in [6.07, 6.45) is 4.42. The van der Waals surface area contributed by atoms with Gasteiger partial charge in [-0.3, -0.25) is 9.59 Å². The van der Waals surface area contributed by atoms with Crippen molar-refractivity contribution in [1.82, 2.24) is 0 Å². The Morgan fingerprint density at radius 3 is 2.59 bits per heavy atom. The largest absolute Gasteiger partial charge is 0.450 e. The van der Waals surface area contributed by atoms with Crippen molar-refractivity contribution in [3.8, 4) is 0 Å².